The summed E-state index contributed by atoms with van der Waals surface area (Å²) in [7, 11) is 0. The Balaban J connectivity index is 1.79. The zero-order valence-electron chi connectivity index (χ0n) is 11.9. The molecule has 1 unspecified atom stereocenters. The van der Waals surface area contributed by atoms with Crippen molar-refractivity contribution in [1.82, 2.24) is 5.43 Å². The lowest BCUT2D eigenvalue weighted by Gasteiger charge is -2.37. The van der Waals surface area contributed by atoms with E-state index in [2.05, 4.69) is 42.7 Å². The highest BCUT2D eigenvalue weighted by Gasteiger charge is 2.52. The monoisotopic (exact) mass is 258 g/mol. The molecule has 0 amide bonds. The second-order valence-corrected chi connectivity index (χ2v) is 6.69. The highest BCUT2D eigenvalue weighted by atomic mass is 15.2. The molecule has 0 heterocycles. The van der Waals surface area contributed by atoms with Gasteiger partial charge in [-0.2, -0.15) is 0 Å². The van der Waals surface area contributed by atoms with Crippen molar-refractivity contribution in [1.29, 1.82) is 0 Å². The minimum atomic E-state index is 0.321. The van der Waals surface area contributed by atoms with Crippen LogP contribution in [0.2, 0.25) is 0 Å². The highest BCUT2D eigenvalue weighted by molar-refractivity contribution is 5.34. The number of hydrazine groups is 1. The van der Waals surface area contributed by atoms with E-state index in [1.165, 1.54) is 44.1 Å². The molecule has 0 radical (unpaired) electrons. The Kier molecular flexibility index (Phi) is 3.64. The maximum Gasteiger partial charge on any atom is 0.0335 e. The van der Waals surface area contributed by atoms with E-state index in [1.807, 2.05) is 0 Å². The van der Waals surface area contributed by atoms with Gasteiger partial charge in [-0.25, -0.2) is 0 Å². The van der Waals surface area contributed by atoms with E-state index in [4.69, 9.17) is 5.84 Å². The lowest BCUT2D eigenvalue weighted by atomic mass is 9.72. The molecule has 0 aromatic heterocycles. The van der Waals surface area contributed by atoms with E-state index in [-0.39, 0.29) is 0 Å². The fraction of sp³-hybridized carbons (Fsp3) is 0.647. The van der Waals surface area contributed by atoms with Gasteiger partial charge in [-0.15, -0.1) is 0 Å². The Morgan fingerprint density at radius 2 is 1.74 bits per heavy atom. The third kappa shape index (κ3) is 2.44. The van der Waals surface area contributed by atoms with Gasteiger partial charge in [-0.1, -0.05) is 50.1 Å². The van der Waals surface area contributed by atoms with Crippen molar-refractivity contribution in [3.8, 4) is 0 Å². The zero-order chi connectivity index (χ0) is 13.3. The van der Waals surface area contributed by atoms with E-state index >= 15 is 0 Å². The van der Waals surface area contributed by atoms with Gasteiger partial charge in [0.05, 0.1) is 0 Å². The average Bonchev–Trinajstić information content (AvgIpc) is 3.24. The molecule has 1 atom stereocenters. The molecule has 0 saturated heterocycles. The first-order valence-corrected chi connectivity index (χ1v) is 7.78. The highest BCUT2D eigenvalue weighted by Crippen LogP contribution is 2.54. The number of hydrogen-bond acceptors (Lipinski definition) is 2. The molecule has 0 bridgehead atoms. The van der Waals surface area contributed by atoms with E-state index in [1.54, 1.807) is 0 Å². The maximum absolute atomic E-state index is 5.95. The molecule has 2 aliphatic carbocycles. The van der Waals surface area contributed by atoms with Gasteiger partial charge in [-0.3, -0.25) is 11.3 Å². The van der Waals surface area contributed by atoms with Crippen LogP contribution in [-0.2, 0) is 5.41 Å². The van der Waals surface area contributed by atoms with Crippen LogP contribution in [0.5, 0.6) is 0 Å². The summed E-state index contributed by atoms with van der Waals surface area (Å²) in [4.78, 5) is 0. The SMILES string of the molecule is CC1CCC(C(NN)C2(c3ccccc3)CC2)CC1. The third-order valence-electron chi connectivity index (χ3n) is 5.44. The Morgan fingerprint density at radius 3 is 2.26 bits per heavy atom. The van der Waals surface area contributed by atoms with Crippen molar-refractivity contribution >= 4 is 0 Å². The molecule has 1 aromatic rings. The van der Waals surface area contributed by atoms with Crippen molar-refractivity contribution < 1.29 is 0 Å². The number of nitrogens with one attached hydrogen (secondary N) is 1. The molecule has 2 nitrogen and oxygen atoms in total. The predicted octanol–water partition coefficient (Wildman–Crippen LogP) is 3.38. The fourth-order valence-corrected chi connectivity index (χ4v) is 4.05. The molecule has 0 spiro atoms. The van der Waals surface area contributed by atoms with Crippen LogP contribution >= 0.6 is 0 Å². The van der Waals surface area contributed by atoms with Gasteiger partial charge >= 0.3 is 0 Å². The van der Waals surface area contributed by atoms with Crippen LogP contribution in [0.4, 0.5) is 0 Å². The molecule has 2 aliphatic rings. The summed E-state index contributed by atoms with van der Waals surface area (Å²) in [5, 5.41) is 0. The lowest BCUT2D eigenvalue weighted by molar-refractivity contribution is 0.201. The summed E-state index contributed by atoms with van der Waals surface area (Å²) in [5.74, 6) is 7.61. The van der Waals surface area contributed by atoms with Gasteiger partial charge in [0.15, 0.2) is 0 Å². The first-order chi connectivity index (χ1) is 9.26. The quantitative estimate of drug-likeness (QED) is 0.642. The van der Waals surface area contributed by atoms with Gasteiger partial charge in [0.1, 0.15) is 0 Å². The molecule has 104 valence electrons. The predicted molar refractivity (Wildman–Crippen MR) is 79.6 cm³/mol. The smallest absolute Gasteiger partial charge is 0.0335 e. The van der Waals surface area contributed by atoms with Crippen molar-refractivity contribution in [3.63, 3.8) is 0 Å². The van der Waals surface area contributed by atoms with Gasteiger partial charge in [-0.05, 0) is 43.1 Å². The van der Waals surface area contributed by atoms with Crippen LogP contribution in [0, 0.1) is 11.8 Å². The van der Waals surface area contributed by atoms with Crippen LogP contribution in [0.15, 0.2) is 30.3 Å². The maximum atomic E-state index is 5.95. The molecule has 2 fully saturated rings. The first kappa shape index (κ1) is 13.1. The van der Waals surface area contributed by atoms with Gasteiger partial charge < -0.3 is 0 Å². The fourth-order valence-electron chi connectivity index (χ4n) is 4.05. The minimum Gasteiger partial charge on any atom is -0.271 e. The van der Waals surface area contributed by atoms with Gasteiger partial charge in [0.2, 0.25) is 0 Å². The largest absolute Gasteiger partial charge is 0.271 e. The van der Waals surface area contributed by atoms with E-state index in [0.717, 1.165) is 11.8 Å². The third-order valence-corrected chi connectivity index (χ3v) is 5.44. The molecule has 2 heteroatoms. The summed E-state index contributed by atoms with van der Waals surface area (Å²) >= 11 is 0. The first-order valence-electron chi connectivity index (χ1n) is 7.78. The molecule has 2 saturated carbocycles. The van der Waals surface area contributed by atoms with Crippen LogP contribution < -0.4 is 11.3 Å². The van der Waals surface area contributed by atoms with Crippen molar-refractivity contribution in [2.45, 2.75) is 56.9 Å². The molecule has 0 aliphatic heterocycles. The summed E-state index contributed by atoms with van der Waals surface area (Å²) in [6.45, 7) is 2.38. The van der Waals surface area contributed by atoms with Crippen LogP contribution in [0.25, 0.3) is 0 Å². The average molecular weight is 258 g/mol. The molecule has 19 heavy (non-hydrogen) atoms. The zero-order valence-corrected chi connectivity index (χ0v) is 11.9. The van der Waals surface area contributed by atoms with E-state index in [0.29, 0.717) is 11.5 Å². The lowest BCUT2D eigenvalue weighted by Crippen LogP contribution is -2.49. The Labute approximate surface area is 116 Å². The topological polar surface area (TPSA) is 38.0 Å². The van der Waals surface area contributed by atoms with Crippen LogP contribution in [-0.4, -0.2) is 6.04 Å². The normalized spacial score (nSPS) is 30.8. The number of benzene rings is 1. The van der Waals surface area contributed by atoms with Gasteiger partial charge in [0, 0.05) is 11.5 Å². The molecule has 1 aromatic carbocycles. The molecule has 3 rings (SSSR count). The molecular formula is C17H26N2. The summed E-state index contributed by atoms with van der Waals surface area (Å²) in [5.41, 5.74) is 4.99. The number of hydrogen-bond donors (Lipinski definition) is 2. The summed E-state index contributed by atoms with van der Waals surface area (Å²) in [6, 6.07) is 11.4. The van der Waals surface area contributed by atoms with E-state index < -0.39 is 0 Å². The van der Waals surface area contributed by atoms with Crippen molar-refractivity contribution in [2.24, 2.45) is 17.7 Å². The second kappa shape index (κ2) is 5.26. The van der Waals surface area contributed by atoms with Crippen molar-refractivity contribution in [3.05, 3.63) is 35.9 Å². The minimum absolute atomic E-state index is 0.321. The van der Waals surface area contributed by atoms with Crippen molar-refractivity contribution in [2.75, 3.05) is 0 Å². The summed E-state index contributed by atoms with van der Waals surface area (Å²) < 4.78 is 0. The molecular weight excluding hydrogens is 232 g/mol. The van der Waals surface area contributed by atoms with Gasteiger partial charge in [0.25, 0.3) is 0 Å². The van der Waals surface area contributed by atoms with Crippen LogP contribution in [0.1, 0.15) is 51.0 Å². The Bertz CT molecular complexity index is 403. The Morgan fingerprint density at radius 1 is 1.11 bits per heavy atom. The summed E-state index contributed by atoms with van der Waals surface area (Å²) in [6.07, 6.45) is 7.99. The number of nitrogens with two attached hydrogens (primary N) is 1. The van der Waals surface area contributed by atoms with E-state index in [9.17, 15) is 0 Å². The van der Waals surface area contributed by atoms with Crippen LogP contribution in [0.3, 0.4) is 0 Å². The molecule has 3 N–H and O–H groups in total. The second-order valence-electron chi connectivity index (χ2n) is 6.69. The number of rotatable bonds is 4. The Hall–Kier alpha value is -0.860. The standard InChI is InChI=1S/C17H26N2/c1-13-7-9-14(10-8-13)16(19-18)17(11-12-17)15-5-3-2-4-6-15/h2-6,13-14,16,19H,7-12,18H2,1H3.